The van der Waals surface area contributed by atoms with E-state index < -0.39 is 8.56 Å². The first-order valence-electron chi connectivity index (χ1n) is 10.3. The number of rotatable bonds is 10. The minimum atomic E-state index is -2.87. The Hall–Kier alpha value is -2.36. The molecular weight excluding hydrogens is 360 g/mol. The predicted octanol–water partition coefficient (Wildman–Crippen LogP) is 5.09. The van der Waals surface area contributed by atoms with E-state index in [4.69, 9.17) is 8.85 Å². The van der Waals surface area contributed by atoms with Gasteiger partial charge in [0.15, 0.2) is 0 Å². The quantitative estimate of drug-likeness (QED) is 0.354. The van der Waals surface area contributed by atoms with Gasteiger partial charge >= 0.3 is 8.56 Å². The Morgan fingerprint density at radius 1 is 0.714 bits per heavy atom. The van der Waals surface area contributed by atoms with Gasteiger partial charge in [0.2, 0.25) is 0 Å². The fraction of sp³-hybridized carbons (Fsp3) is 0.280. The summed E-state index contributed by atoms with van der Waals surface area (Å²) < 4.78 is 13.5. The van der Waals surface area contributed by atoms with Gasteiger partial charge in [0.25, 0.3) is 0 Å². The Morgan fingerprint density at radius 3 is 1.93 bits per heavy atom. The Morgan fingerprint density at radius 2 is 1.36 bits per heavy atom. The van der Waals surface area contributed by atoms with Gasteiger partial charge in [0.1, 0.15) is 5.75 Å². The molecule has 0 amide bonds. The Kier molecular flexibility index (Phi) is 7.46. The highest BCUT2D eigenvalue weighted by Gasteiger charge is 2.45. The van der Waals surface area contributed by atoms with Crippen LogP contribution < -0.4 is 14.8 Å². The zero-order chi connectivity index (χ0) is 19.7. The maximum atomic E-state index is 6.81. The minimum Gasteiger partial charge on any atom is -0.514 e. The first-order valence-corrected chi connectivity index (χ1v) is 12.1. The Bertz CT molecular complexity index is 794. The Labute approximate surface area is 170 Å². The predicted molar refractivity (Wildman–Crippen MR) is 120 cm³/mol. The highest BCUT2D eigenvalue weighted by molar-refractivity contribution is 6.93. The van der Waals surface area contributed by atoms with Crippen LogP contribution in [0.3, 0.4) is 0 Å². The van der Waals surface area contributed by atoms with Crippen molar-refractivity contribution in [2.24, 2.45) is 0 Å². The molecule has 0 radical (unpaired) electrons. The second kappa shape index (κ2) is 10.3. The maximum Gasteiger partial charge on any atom is 0.468 e. The fourth-order valence-electron chi connectivity index (χ4n) is 3.36. The molecule has 146 valence electrons. The number of unbranched alkanes of at least 4 members (excludes halogenated alkanes) is 2. The van der Waals surface area contributed by atoms with Crippen molar-refractivity contribution >= 4 is 18.9 Å². The van der Waals surface area contributed by atoms with Crippen LogP contribution in [0.15, 0.2) is 84.9 Å². The second-order valence-corrected chi connectivity index (χ2v) is 9.89. The van der Waals surface area contributed by atoms with Gasteiger partial charge in [0.05, 0.1) is 0 Å². The SMILES string of the molecule is CCCCCO[Si](Oc1cccc(CC)c1)(c1ccccc1)c1ccccc1. The van der Waals surface area contributed by atoms with Gasteiger partial charge in [-0.05, 0) is 30.5 Å². The van der Waals surface area contributed by atoms with Crippen molar-refractivity contribution in [3.05, 3.63) is 90.5 Å². The number of benzene rings is 3. The van der Waals surface area contributed by atoms with Crippen molar-refractivity contribution < 1.29 is 8.85 Å². The van der Waals surface area contributed by atoms with Crippen molar-refractivity contribution in [3.8, 4) is 5.75 Å². The molecule has 0 spiro atoms. The van der Waals surface area contributed by atoms with Gasteiger partial charge in [-0.3, -0.25) is 0 Å². The summed E-state index contributed by atoms with van der Waals surface area (Å²) in [5.74, 6) is 0.884. The molecule has 0 aliphatic rings. The summed E-state index contributed by atoms with van der Waals surface area (Å²) >= 11 is 0. The lowest BCUT2D eigenvalue weighted by atomic mass is 10.2. The highest BCUT2D eigenvalue weighted by atomic mass is 28.4. The topological polar surface area (TPSA) is 18.5 Å². The van der Waals surface area contributed by atoms with Gasteiger partial charge in [-0.15, -0.1) is 0 Å². The van der Waals surface area contributed by atoms with Crippen LogP contribution in [-0.4, -0.2) is 15.2 Å². The third-order valence-electron chi connectivity index (χ3n) is 4.93. The first kappa shape index (κ1) is 20.4. The summed E-state index contributed by atoms with van der Waals surface area (Å²) in [5.41, 5.74) is 1.27. The summed E-state index contributed by atoms with van der Waals surface area (Å²) in [5, 5.41) is 2.28. The van der Waals surface area contributed by atoms with E-state index in [-0.39, 0.29) is 0 Å². The summed E-state index contributed by atoms with van der Waals surface area (Å²) in [6.07, 6.45) is 4.37. The zero-order valence-corrected chi connectivity index (χ0v) is 17.9. The molecule has 0 atom stereocenters. The molecule has 0 bridgehead atoms. The van der Waals surface area contributed by atoms with Crippen molar-refractivity contribution in [1.29, 1.82) is 0 Å². The fourth-order valence-corrected chi connectivity index (χ4v) is 6.47. The molecule has 0 aliphatic heterocycles. The number of hydrogen-bond acceptors (Lipinski definition) is 2. The molecule has 28 heavy (non-hydrogen) atoms. The molecule has 0 N–H and O–H groups in total. The molecule has 3 aromatic rings. The van der Waals surface area contributed by atoms with E-state index in [0.717, 1.165) is 29.0 Å². The molecule has 0 saturated carbocycles. The van der Waals surface area contributed by atoms with Crippen LogP contribution in [0.25, 0.3) is 0 Å². The summed E-state index contributed by atoms with van der Waals surface area (Å²) in [6.45, 7) is 5.09. The average Bonchev–Trinajstić information content (AvgIpc) is 2.77. The van der Waals surface area contributed by atoms with Crippen LogP contribution in [0.5, 0.6) is 5.75 Å². The van der Waals surface area contributed by atoms with E-state index in [1.807, 2.05) is 18.2 Å². The third kappa shape index (κ3) is 4.92. The smallest absolute Gasteiger partial charge is 0.468 e. The largest absolute Gasteiger partial charge is 0.514 e. The summed E-state index contributed by atoms with van der Waals surface area (Å²) in [6, 6.07) is 29.3. The van der Waals surface area contributed by atoms with Gasteiger partial charge in [0, 0.05) is 17.0 Å². The lowest BCUT2D eigenvalue weighted by Gasteiger charge is -2.32. The van der Waals surface area contributed by atoms with E-state index >= 15 is 0 Å². The van der Waals surface area contributed by atoms with Crippen LogP contribution >= 0.6 is 0 Å². The van der Waals surface area contributed by atoms with E-state index in [2.05, 4.69) is 80.6 Å². The van der Waals surface area contributed by atoms with Crippen LogP contribution in [0.4, 0.5) is 0 Å². The third-order valence-corrected chi connectivity index (χ3v) is 8.25. The van der Waals surface area contributed by atoms with Crippen LogP contribution in [0.2, 0.25) is 0 Å². The van der Waals surface area contributed by atoms with E-state index in [9.17, 15) is 0 Å². The molecule has 3 rings (SSSR count). The lowest BCUT2D eigenvalue weighted by molar-refractivity contribution is 0.253. The average molecular weight is 391 g/mol. The van der Waals surface area contributed by atoms with Gasteiger partial charge in [-0.25, -0.2) is 0 Å². The van der Waals surface area contributed by atoms with Crippen LogP contribution in [-0.2, 0) is 10.8 Å². The molecule has 0 fully saturated rings. The van der Waals surface area contributed by atoms with Crippen molar-refractivity contribution in [3.63, 3.8) is 0 Å². The summed E-state index contributed by atoms with van der Waals surface area (Å²) in [7, 11) is -2.87. The molecule has 3 aromatic carbocycles. The van der Waals surface area contributed by atoms with Gasteiger partial charge in [-0.1, -0.05) is 99.5 Å². The van der Waals surface area contributed by atoms with Gasteiger partial charge < -0.3 is 8.85 Å². The summed E-state index contributed by atoms with van der Waals surface area (Å²) in [4.78, 5) is 0. The molecule has 0 aliphatic carbocycles. The number of hydrogen-bond donors (Lipinski definition) is 0. The normalized spacial score (nSPS) is 11.4. The van der Waals surface area contributed by atoms with Crippen molar-refractivity contribution in [1.82, 2.24) is 0 Å². The lowest BCUT2D eigenvalue weighted by Crippen LogP contribution is -2.66. The monoisotopic (exact) mass is 390 g/mol. The first-order chi connectivity index (χ1) is 13.8. The standard InChI is InChI=1S/C25H30O2Si/c1-3-5-12-20-26-28(24-16-8-6-9-17-24,25-18-10-7-11-19-25)27-23-15-13-14-22(4-2)21-23/h6-11,13-19,21H,3-5,12,20H2,1-2H3. The van der Waals surface area contributed by atoms with E-state index in [1.165, 1.54) is 18.4 Å². The molecule has 0 heterocycles. The minimum absolute atomic E-state index is 0.706. The van der Waals surface area contributed by atoms with Crippen molar-refractivity contribution in [2.75, 3.05) is 6.61 Å². The molecule has 0 saturated heterocycles. The maximum absolute atomic E-state index is 6.81. The van der Waals surface area contributed by atoms with Crippen LogP contribution in [0.1, 0.15) is 38.7 Å². The number of aryl methyl sites for hydroxylation is 1. The molecular formula is C25H30O2Si. The molecule has 3 heteroatoms. The zero-order valence-electron chi connectivity index (χ0n) is 16.9. The van der Waals surface area contributed by atoms with Crippen molar-refractivity contribution in [2.45, 2.75) is 39.5 Å². The highest BCUT2D eigenvalue weighted by Crippen LogP contribution is 2.20. The van der Waals surface area contributed by atoms with Crippen LogP contribution in [0, 0.1) is 0 Å². The van der Waals surface area contributed by atoms with E-state index in [1.54, 1.807) is 0 Å². The Balaban J connectivity index is 2.06. The molecule has 0 unspecified atom stereocenters. The van der Waals surface area contributed by atoms with Gasteiger partial charge in [-0.2, -0.15) is 0 Å². The molecule has 2 nitrogen and oxygen atoms in total. The molecule has 0 aromatic heterocycles. The van der Waals surface area contributed by atoms with E-state index in [0.29, 0.717) is 6.61 Å². The second-order valence-electron chi connectivity index (χ2n) is 7.01.